The van der Waals surface area contributed by atoms with E-state index in [9.17, 15) is 39.6 Å². The summed E-state index contributed by atoms with van der Waals surface area (Å²) in [5, 5.41) is 38.7. The van der Waals surface area contributed by atoms with Gasteiger partial charge in [0, 0.05) is 0 Å². The topological polar surface area (TPSA) is 203 Å². The van der Waals surface area contributed by atoms with Crippen LogP contribution in [0.3, 0.4) is 0 Å². The second-order valence-electron chi connectivity index (χ2n) is 13.9. The third kappa shape index (κ3) is 7.41. The zero-order valence-electron chi connectivity index (χ0n) is 31.4. The third-order valence-electron chi connectivity index (χ3n) is 10.3. The molecule has 4 aromatic carbocycles. The third-order valence-corrected chi connectivity index (χ3v) is 10.3. The van der Waals surface area contributed by atoms with Crippen LogP contribution in [0.5, 0.6) is 0 Å². The van der Waals surface area contributed by atoms with E-state index in [0.717, 1.165) is 0 Å². The van der Waals surface area contributed by atoms with Crippen LogP contribution in [0, 0.1) is 0 Å². The summed E-state index contributed by atoms with van der Waals surface area (Å²) in [6.45, 7) is 0. The van der Waals surface area contributed by atoms with Crippen LogP contribution in [0.25, 0.3) is 90.9 Å². The van der Waals surface area contributed by atoms with Gasteiger partial charge >= 0.3 is 40.4 Å². The molecule has 9 rings (SSSR count). The second-order valence-corrected chi connectivity index (χ2v) is 13.9. The van der Waals surface area contributed by atoms with E-state index in [2.05, 4.69) is 0 Å². The van der Waals surface area contributed by atoms with Gasteiger partial charge in [-0.3, -0.25) is 0 Å². The van der Waals surface area contributed by atoms with Gasteiger partial charge in [-0.05, 0) is 117 Å². The van der Waals surface area contributed by atoms with Crippen molar-refractivity contribution in [3.8, 4) is 44.5 Å². The molecular formula is C48H28N4NiO8. The smallest absolute Gasteiger partial charge is 0.657 e. The first kappa shape index (κ1) is 39.7. The Balaban J connectivity index is 0.00000514. The van der Waals surface area contributed by atoms with E-state index in [0.29, 0.717) is 89.4 Å². The number of aromatic carboxylic acids is 4. The molecular weight excluding hydrogens is 819 g/mol. The summed E-state index contributed by atoms with van der Waals surface area (Å²) < 4.78 is 0. The average Bonchev–Trinajstić information content (AvgIpc) is 4.10. The molecule has 298 valence electrons. The summed E-state index contributed by atoms with van der Waals surface area (Å²) in [6.07, 6.45) is 7.33. The number of hydrogen-bond acceptors (Lipinski definition) is 6. The molecule has 0 spiro atoms. The van der Waals surface area contributed by atoms with Gasteiger partial charge in [0.1, 0.15) is 0 Å². The summed E-state index contributed by atoms with van der Waals surface area (Å²) in [6, 6.07) is 33.0. The molecule has 0 saturated heterocycles. The van der Waals surface area contributed by atoms with E-state index in [1.54, 1.807) is 48.5 Å². The van der Waals surface area contributed by atoms with E-state index in [-0.39, 0.29) is 38.7 Å². The van der Waals surface area contributed by atoms with Crippen LogP contribution in [0.15, 0.2) is 121 Å². The number of carboxylic acids is 4. The first-order valence-electron chi connectivity index (χ1n) is 18.4. The zero-order chi connectivity index (χ0) is 41.7. The Labute approximate surface area is 355 Å². The van der Waals surface area contributed by atoms with Gasteiger partial charge < -0.3 is 30.4 Å². The molecule has 61 heavy (non-hydrogen) atoms. The monoisotopic (exact) mass is 846 g/mol. The predicted octanol–water partition coefficient (Wildman–Crippen LogP) is 9.37. The molecule has 7 aromatic rings. The van der Waals surface area contributed by atoms with Crippen LogP contribution in [0.2, 0.25) is 0 Å². The standard InChI is InChI=1S/C48H30N4O8.Ni/c53-45(54)29-9-1-25(2-10-29)41-33-17-19-35(49-33)42(26-3-11-30(12-4-26)46(55)56)37-21-23-39(51-37)44(28-7-15-32(16-8-28)48(59)60)40-24-22-38(52-40)43(36-20-18-34(41)50-36)27-5-13-31(14-6-27)47(57)58;/h1-24H,(H6,49,50,51,52,53,54,55,56,57,58,59,60);/q;+2/p-2. The minimum Gasteiger partial charge on any atom is -0.657 e. The molecule has 0 aliphatic carbocycles. The molecule has 2 aliphatic heterocycles. The molecule has 0 atom stereocenters. The number of carbonyl (C=O) groups is 4. The molecule has 0 unspecified atom stereocenters. The number of nitrogens with zero attached hydrogens (tertiary/aromatic N) is 4. The molecule has 8 bridgehead atoms. The van der Waals surface area contributed by atoms with Gasteiger partial charge in [0.05, 0.1) is 45.0 Å². The predicted molar refractivity (Wildman–Crippen MR) is 226 cm³/mol. The Morgan fingerprint density at radius 1 is 0.328 bits per heavy atom. The number of benzene rings is 4. The average molecular weight is 847 g/mol. The van der Waals surface area contributed by atoms with Crippen molar-refractivity contribution in [3.05, 3.63) is 166 Å². The fourth-order valence-corrected chi connectivity index (χ4v) is 7.39. The van der Waals surface area contributed by atoms with Gasteiger partial charge in [-0.15, -0.1) is 22.1 Å². The normalized spacial score (nSPS) is 11.5. The molecule has 0 amide bonds. The second kappa shape index (κ2) is 15.9. The maximum absolute atomic E-state index is 11.8. The van der Waals surface area contributed by atoms with Gasteiger partial charge in [-0.1, -0.05) is 72.8 Å². The van der Waals surface area contributed by atoms with Gasteiger partial charge in [-0.25, -0.2) is 29.1 Å². The Morgan fingerprint density at radius 3 is 0.705 bits per heavy atom. The molecule has 4 N–H and O–H groups in total. The SMILES string of the molecule is O=C(O)c1ccc(-c2c3nc(c(-c4ccc(C(=O)O)cc4)c4ccc([n-]4)c(-c4ccc(C(=O)O)cc4)c4nc(c(-c5ccc(C(=O)O)cc5)c5ccc2[n-]5)C=C4)C=C3)cc1.[Ni+2]. The number of rotatable bonds is 8. The van der Waals surface area contributed by atoms with Crippen LogP contribution in [0.4, 0.5) is 0 Å². The molecule has 5 heterocycles. The maximum Gasteiger partial charge on any atom is 2.00 e. The van der Waals surface area contributed by atoms with Crippen LogP contribution in [0.1, 0.15) is 64.2 Å². The Hall–Kier alpha value is -8.15. The summed E-state index contributed by atoms with van der Waals surface area (Å²) in [5.41, 5.74) is 9.53. The maximum atomic E-state index is 11.8. The molecule has 3 aromatic heterocycles. The van der Waals surface area contributed by atoms with Gasteiger partial charge in [-0.2, -0.15) is 0 Å². The molecule has 2 aliphatic rings. The van der Waals surface area contributed by atoms with Crippen molar-refractivity contribution in [3.63, 3.8) is 0 Å². The zero-order valence-corrected chi connectivity index (χ0v) is 32.4. The van der Waals surface area contributed by atoms with Gasteiger partial charge in [0.15, 0.2) is 0 Å². The van der Waals surface area contributed by atoms with E-state index in [1.807, 2.05) is 48.6 Å². The van der Waals surface area contributed by atoms with Crippen molar-refractivity contribution < 1.29 is 56.1 Å². The van der Waals surface area contributed by atoms with Crippen molar-refractivity contribution in [2.24, 2.45) is 0 Å². The number of hydrogen-bond donors (Lipinski definition) is 4. The molecule has 0 radical (unpaired) electrons. The Morgan fingerprint density at radius 2 is 0.525 bits per heavy atom. The van der Waals surface area contributed by atoms with E-state index >= 15 is 0 Å². The van der Waals surface area contributed by atoms with Crippen LogP contribution in [-0.2, 0) is 16.5 Å². The summed E-state index contributed by atoms with van der Waals surface area (Å²) in [4.78, 5) is 67.8. The molecule has 0 fully saturated rings. The number of carboxylic acid groups (broad SMARTS) is 4. The van der Waals surface area contributed by atoms with Crippen molar-refractivity contribution in [1.82, 2.24) is 19.9 Å². The van der Waals surface area contributed by atoms with Crippen LogP contribution in [-0.4, -0.2) is 54.3 Å². The van der Waals surface area contributed by atoms with Crippen molar-refractivity contribution in [2.75, 3.05) is 0 Å². The van der Waals surface area contributed by atoms with Crippen LogP contribution >= 0.6 is 0 Å². The largest absolute Gasteiger partial charge is 2.00 e. The number of aromatic nitrogens is 4. The molecule has 12 nitrogen and oxygen atoms in total. The minimum absolute atomic E-state index is 0. The summed E-state index contributed by atoms with van der Waals surface area (Å²) in [7, 11) is 0. The first-order valence-corrected chi connectivity index (χ1v) is 18.4. The van der Waals surface area contributed by atoms with Crippen molar-refractivity contribution >= 4 is 70.2 Å². The quantitative estimate of drug-likeness (QED) is 0.106. The van der Waals surface area contributed by atoms with Crippen LogP contribution < -0.4 is 9.97 Å². The fourth-order valence-electron chi connectivity index (χ4n) is 7.39. The molecule has 0 saturated carbocycles. The summed E-state index contributed by atoms with van der Waals surface area (Å²) >= 11 is 0. The minimum atomic E-state index is -1.07. The van der Waals surface area contributed by atoms with E-state index in [4.69, 9.17) is 19.9 Å². The van der Waals surface area contributed by atoms with Crippen molar-refractivity contribution in [1.29, 1.82) is 0 Å². The van der Waals surface area contributed by atoms with E-state index in [1.165, 1.54) is 48.5 Å². The van der Waals surface area contributed by atoms with Gasteiger partial charge in [0.25, 0.3) is 0 Å². The molecule has 13 heteroatoms. The van der Waals surface area contributed by atoms with Gasteiger partial charge in [0.2, 0.25) is 0 Å². The van der Waals surface area contributed by atoms with Crippen molar-refractivity contribution in [2.45, 2.75) is 0 Å². The first-order chi connectivity index (χ1) is 29.0. The Bertz CT molecular complexity index is 2760. The fraction of sp³-hybridized carbons (Fsp3) is 0. The number of fused-ring (bicyclic) bond motifs is 8. The van der Waals surface area contributed by atoms with E-state index < -0.39 is 23.9 Å². The Kier molecular flexibility index (Phi) is 10.3. The summed E-state index contributed by atoms with van der Waals surface area (Å²) in [5.74, 6) is -4.30.